The lowest BCUT2D eigenvalue weighted by molar-refractivity contribution is 0.103. The van der Waals surface area contributed by atoms with Gasteiger partial charge in [-0.1, -0.05) is 12.1 Å². The van der Waals surface area contributed by atoms with Gasteiger partial charge in [0.1, 0.15) is 5.82 Å². The number of hydrogen-bond acceptors (Lipinski definition) is 1. The number of benzene rings is 1. The fourth-order valence-corrected chi connectivity index (χ4v) is 2.03. The first-order chi connectivity index (χ1) is 8.43. The van der Waals surface area contributed by atoms with Crippen molar-refractivity contribution in [2.75, 3.05) is 0 Å². The summed E-state index contributed by atoms with van der Waals surface area (Å²) in [7, 11) is 0. The van der Waals surface area contributed by atoms with E-state index in [1.807, 2.05) is 20.8 Å². The molecule has 0 saturated heterocycles. The van der Waals surface area contributed by atoms with Gasteiger partial charge in [0.05, 0.1) is 11.3 Å². The van der Waals surface area contributed by atoms with Crippen LogP contribution in [0.3, 0.4) is 0 Å². The Balaban J connectivity index is 2.55. The summed E-state index contributed by atoms with van der Waals surface area (Å²) in [5.41, 5.74) is 3.97. The highest BCUT2D eigenvalue weighted by Gasteiger charge is 2.20. The average molecular weight is 245 g/mol. The highest BCUT2D eigenvalue weighted by atomic mass is 19.1. The summed E-state index contributed by atoms with van der Waals surface area (Å²) >= 11 is 0. The van der Waals surface area contributed by atoms with Crippen LogP contribution >= 0.6 is 0 Å². The summed E-state index contributed by atoms with van der Waals surface area (Å²) in [6.07, 6.45) is 0. The van der Waals surface area contributed by atoms with E-state index in [2.05, 4.69) is 4.98 Å². The maximum atomic E-state index is 13.9. The predicted octanol–water partition coefficient (Wildman–Crippen LogP) is 3.62. The van der Waals surface area contributed by atoms with E-state index in [4.69, 9.17) is 0 Å². The van der Waals surface area contributed by atoms with Crippen LogP contribution in [0.25, 0.3) is 0 Å². The van der Waals surface area contributed by atoms with E-state index in [1.165, 1.54) is 6.07 Å². The minimum Gasteiger partial charge on any atom is -0.356 e. The van der Waals surface area contributed by atoms with E-state index in [1.54, 1.807) is 19.1 Å². The molecule has 0 unspecified atom stereocenters. The zero-order chi connectivity index (χ0) is 13.4. The zero-order valence-corrected chi connectivity index (χ0v) is 11.0. The second-order valence-electron chi connectivity index (χ2n) is 4.64. The third kappa shape index (κ3) is 1.86. The molecule has 0 aliphatic heterocycles. The smallest absolute Gasteiger partial charge is 0.212 e. The molecule has 0 radical (unpaired) electrons. The second kappa shape index (κ2) is 4.41. The van der Waals surface area contributed by atoms with Crippen LogP contribution in [0.5, 0.6) is 0 Å². The number of halogens is 1. The molecule has 1 N–H and O–H groups in total. The SMILES string of the molecule is Cc1cccc(C(=O)c2[nH]c(C)c(C)c2C)c1F. The van der Waals surface area contributed by atoms with Gasteiger partial charge in [-0.3, -0.25) is 4.79 Å². The van der Waals surface area contributed by atoms with Crippen LogP contribution in [0.15, 0.2) is 18.2 Å². The number of ketones is 1. The van der Waals surface area contributed by atoms with Crippen molar-refractivity contribution in [1.29, 1.82) is 0 Å². The van der Waals surface area contributed by atoms with Crippen LogP contribution in [-0.2, 0) is 0 Å². The Morgan fingerprint density at radius 3 is 2.33 bits per heavy atom. The fraction of sp³-hybridized carbons (Fsp3) is 0.267. The standard InChI is InChI=1S/C15H16FNO/c1-8-6-5-7-12(13(8)16)15(18)14-10(3)9(2)11(4)17-14/h5-7,17H,1-4H3. The first-order valence-corrected chi connectivity index (χ1v) is 5.89. The topological polar surface area (TPSA) is 32.9 Å². The van der Waals surface area contributed by atoms with Crippen LogP contribution in [-0.4, -0.2) is 10.8 Å². The number of carbonyl (C=O) groups is 1. The van der Waals surface area contributed by atoms with Crippen molar-refractivity contribution in [3.05, 3.63) is 57.7 Å². The number of aromatic nitrogens is 1. The molecule has 18 heavy (non-hydrogen) atoms. The predicted molar refractivity (Wildman–Crippen MR) is 69.6 cm³/mol. The van der Waals surface area contributed by atoms with Gasteiger partial charge in [-0.05, 0) is 50.5 Å². The fourth-order valence-electron chi connectivity index (χ4n) is 2.03. The lowest BCUT2D eigenvalue weighted by Crippen LogP contribution is -2.07. The van der Waals surface area contributed by atoms with Gasteiger partial charge in [0, 0.05) is 5.69 Å². The van der Waals surface area contributed by atoms with E-state index >= 15 is 0 Å². The lowest BCUT2D eigenvalue weighted by Gasteiger charge is -2.04. The Morgan fingerprint density at radius 1 is 1.11 bits per heavy atom. The maximum Gasteiger partial charge on any atom is 0.212 e. The van der Waals surface area contributed by atoms with Crippen LogP contribution in [0.2, 0.25) is 0 Å². The number of nitrogens with one attached hydrogen (secondary N) is 1. The first-order valence-electron chi connectivity index (χ1n) is 5.89. The molecule has 0 atom stereocenters. The Morgan fingerprint density at radius 2 is 1.78 bits per heavy atom. The minimum absolute atomic E-state index is 0.124. The molecule has 0 saturated carbocycles. The number of carbonyl (C=O) groups excluding carboxylic acids is 1. The molecule has 0 spiro atoms. The molecule has 2 aromatic rings. The maximum absolute atomic E-state index is 13.9. The molecule has 1 aromatic heterocycles. The molecule has 1 aromatic carbocycles. The van der Waals surface area contributed by atoms with Crippen molar-refractivity contribution in [3.63, 3.8) is 0 Å². The molecule has 0 bridgehead atoms. The highest BCUT2D eigenvalue weighted by Crippen LogP contribution is 2.21. The highest BCUT2D eigenvalue weighted by molar-refractivity contribution is 6.09. The Hall–Kier alpha value is -1.90. The van der Waals surface area contributed by atoms with Gasteiger partial charge < -0.3 is 4.98 Å². The summed E-state index contributed by atoms with van der Waals surface area (Å²) in [5, 5.41) is 0. The van der Waals surface area contributed by atoms with E-state index in [-0.39, 0.29) is 11.3 Å². The summed E-state index contributed by atoms with van der Waals surface area (Å²) in [4.78, 5) is 15.4. The Labute approximate surface area is 106 Å². The van der Waals surface area contributed by atoms with Crippen molar-refractivity contribution >= 4 is 5.78 Å². The summed E-state index contributed by atoms with van der Waals surface area (Å²) in [5.74, 6) is -0.725. The summed E-state index contributed by atoms with van der Waals surface area (Å²) in [6.45, 7) is 7.39. The largest absolute Gasteiger partial charge is 0.356 e. The number of H-pyrrole nitrogens is 1. The number of rotatable bonds is 2. The molecule has 0 aliphatic carbocycles. The monoisotopic (exact) mass is 245 g/mol. The number of aromatic amines is 1. The third-order valence-electron chi connectivity index (χ3n) is 3.48. The van der Waals surface area contributed by atoms with Gasteiger partial charge >= 0.3 is 0 Å². The van der Waals surface area contributed by atoms with Crippen LogP contribution in [0.1, 0.15) is 38.4 Å². The normalized spacial score (nSPS) is 10.7. The summed E-state index contributed by atoms with van der Waals surface area (Å²) < 4.78 is 13.9. The van der Waals surface area contributed by atoms with Gasteiger partial charge in [-0.25, -0.2) is 4.39 Å². The number of hydrogen-bond donors (Lipinski definition) is 1. The molecule has 0 fully saturated rings. The lowest BCUT2D eigenvalue weighted by atomic mass is 10.0. The second-order valence-corrected chi connectivity index (χ2v) is 4.64. The quantitative estimate of drug-likeness (QED) is 0.805. The van der Waals surface area contributed by atoms with E-state index in [9.17, 15) is 9.18 Å². The molecular weight excluding hydrogens is 229 g/mol. The average Bonchev–Trinajstić information content (AvgIpc) is 2.60. The van der Waals surface area contributed by atoms with Gasteiger partial charge in [0.2, 0.25) is 5.78 Å². The third-order valence-corrected chi connectivity index (χ3v) is 3.48. The molecule has 0 amide bonds. The summed E-state index contributed by atoms with van der Waals surface area (Å²) in [6, 6.07) is 4.88. The molecule has 94 valence electrons. The number of aryl methyl sites for hydroxylation is 2. The van der Waals surface area contributed by atoms with Gasteiger partial charge in [-0.2, -0.15) is 0 Å². The van der Waals surface area contributed by atoms with Crippen molar-refractivity contribution in [1.82, 2.24) is 4.98 Å². The molecule has 0 aliphatic rings. The Bertz CT molecular complexity index is 626. The first kappa shape index (κ1) is 12.6. The van der Waals surface area contributed by atoms with E-state index < -0.39 is 5.82 Å². The minimum atomic E-state index is -0.438. The van der Waals surface area contributed by atoms with Crippen molar-refractivity contribution in [2.45, 2.75) is 27.7 Å². The molecule has 2 rings (SSSR count). The Kier molecular flexibility index (Phi) is 3.07. The van der Waals surface area contributed by atoms with Crippen LogP contribution in [0.4, 0.5) is 4.39 Å². The molecule has 1 heterocycles. The van der Waals surface area contributed by atoms with Crippen molar-refractivity contribution in [3.8, 4) is 0 Å². The van der Waals surface area contributed by atoms with E-state index in [0.29, 0.717) is 11.3 Å². The van der Waals surface area contributed by atoms with E-state index in [0.717, 1.165) is 16.8 Å². The molecule has 2 nitrogen and oxygen atoms in total. The van der Waals surface area contributed by atoms with Crippen LogP contribution < -0.4 is 0 Å². The van der Waals surface area contributed by atoms with Gasteiger partial charge in [-0.15, -0.1) is 0 Å². The van der Waals surface area contributed by atoms with Gasteiger partial charge in [0.15, 0.2) is 0 Å². The zero-order valence-electron chi connectivity index (χ0n) is 11.0. The molecular formula is C15H16FNO. The van der Waals surface area contributed by atoms with Gasteiger partial charge in [0.25, 0.3) is 0 Å². The van der Waals surface area contributed by atoms with Crippen molar-refractivity contribution < 1.29 is 9.18 Å². The van der Waals surface area contributed by atoms with Crippen molar-refractivity contribution in [2.24, 2.45) is 0 Å². The van der Waals surface area contributed by atoms with Crippen LogP contribution in [0, 0.1) is 33.5 Å². The molecule has 3 heteroatoms.